The normalized spacial score (nSPS) is 19.2. The molecule has 0 amide bonds. The van der Waals surface area contributed by atoms with Crippen LogP contribution < -0.4 is 5.32 Å². The molecule has 8 heteroatoms. The molecule has 1 N–H and O–H groups in total. The number of aryl methyl sites for hydroxylation is 1. The van der Waals surface area contributed by atoms with Gasteiger partial charge in [0.05, 0.1) is 0 Å². The first kappa shape index (κ1) is 14.6. The number of nitrogens with one attached hydrogen (secondary N) is 1. The van der Waals surface area contributed by atoms with E-state index in [9.17, 15) is 10.1 Å². The quantitative estimate of drug-likeness (QED) is 0.666. The fraction of sp³-hybridized carbons (Fsp3) is 0.429. The smallest absolute Gasteiger partial charge is 0.358 e. The first-order chi connectivity index (χ1) is 10.7. The van der Waals surface area contributed by atoms with E-state index in [1.54, 1.807) is 17.8 Å². The van der Waals surface area contributed by atoms with Gasteiger partial charge in [0.25, 0.3) is 0 Å². The lowest BCUT2D eigenvalue weighted by molar-refractivity contribution is -0.390. The number of nitro groups is 1. The molecule has 22 heavy (non-hydrogen) atoms. The highest BCUT2D eigenvalue weighted by Gasteiger charge is 2.28. The van der Waals surface area contributed by atoms with Crippen LogP contribution >= 0.6 is 0 Å². The van der Waals surface area contributed by atoms with Crippen LogP contribution in [-0.4, -0.2) is 44.0 Å². The maximum Gasteiger partial charge on any atom is 0.386 e. The van der Waals surface area contributed by atoms with Gasteiger partial charge in [0.15, 0.2) is 0 Å². The van der Waals surface area contributed by atoms with Crippen LogP contribution in [0.3, 0.4) is 0 Å². The van der Waals surface area contributed by atoms with Crippen LogP contribution in [0.2, 0.25) is 0 Å². The van der Waals surface area contributed by atoms with Crippen molar-refractivity contribution in [2.75, 3.05) is 19.6 Å². The number of piperazine rings is 1. The maximum atomic E-state index is 11.1. The van der Waals surface area contributed by atoms with Gasteiger partial charge in [-0.05, 0) is 21.5 Å². The van der Waals surface area contributed by atoms with Crippen molar-refractivity contribution in [2.24, 2.45) is 7.05 Å². The van der Waals surface area contributed by atoms with E-state index in [-0.39, 0.29) is 11.9 Å². The summed E-state index contributed by atoms with van der Waals surface area (Å²) in [7, 11) is 1.79. The van der Waals surface area contributed by atoms with E-state index < -0.39 is 4.92 Å². The van der Waals surface area contributed by atoms with Gasteiger partial charge in [-0.25, -0.2) is 0 Å². The van der Waals surface area contributed by atoms with Crippen molar-refractivity contribution in [1.82, 2.24) is 24.8 Å². The van der Waals surface area contributed by atoms with Gasteiger partial charge in [-0.15, -0.1) is 0 Å². The summed E-state index contributed by atoms with van der Waals surface area (Å²) in [4.78, 5) is 21.0. The minimum atomic E-state index is -0.420. The van der Waals surface area contributed by atoms with E-state index >= 15 is 0 Å². The van der Waals surface area contributed by atoms with Gasteiger partial charge in [0.1, 0.15) is 5.69 Å². The van der Waals surface area contributed by atoms with Crippen molar-refractivity contribution in [3.8, 4) is 0 Å². The minimum absolute atomic E-state index is 0.0639. The van der Waals surface area contributed by atoms with E-state index in [1.807, 2.05) is 18.3 Å². The number of nitrogens with zero attached hydrogens (tertiary/aromatic N) is 5. The van der Waals surface area contributed by atoms with Crippen molar-refractivity contribution < 1.29 is 4.92 Å². The van der Waals surface area contributed by atoms with Crippen molar-refractivity contribution in [2.45, 2.75) is 12.6 Å². The molecular formula is C14H18N6O2. The molecule has 0 bridgehead atoms. The lowest BCUT2D eigenvalue weighted by Crippen LogP contribution is -2.45. The molecule has 1 atom stereocenters. The van der Waals surface area contributed by atoms with Crippen LogP contribution in [0.15, 0.2) is 30.9 Å². The second-order valence-corrected chi connectivity index (χ2v) is 5.36. The molecule has 1 aliphatic rings. The van der Waals surface area contributed by atoms with Crippen LogP contribution in [0.4, 0.5) is 5.82 Å². The van der Waals surface area contributed by atoms with Gasteiger partial charge >= 0.3 is 5.82 Å². The molecule has 0 aromatic carbocycles. The summed E-state index contributed by atoms with van der Waals surface area (Å²) in [5, 5.41) is 14.5. The molecule has 8 nitrogen and oxygen atoms in total. The highest BCUT2D eigenvalue weighted by Crippen LogP contribution is 2.26. The molecule has 1 fully saturated rings. The summed E-state index contributed by atoms with van der Waals surface area (Å²) in [5.41, 5.74) is 1.74. The Kier molecular flexibility index (Phi) is 4.12. The maximum absolute atomic E-state index is 11.1. The molecule has 1 saturated heterocycles. The van der Waals surface area contributed by atoms with Crippen molar-refractivity contribution in [3.05, 3.63) is 52.2 Å². The molecule has 0 saturated carbocycles. The molecule has 3 rings (SSSR count). The van der Waals surface area contributed by atoms with Crippen LogP contribution in [-0.2, 0) is 13.6 Å². The first-order valence-corrected chi connectivity index (χ1v) is 7.16. The third-order valence-corrected chi connectivity index (χ3v) is 3.99. The number of imidazole rings is 1. The summed E-state index contributed by atoms with van der Waals surface area (Å²) >= 11 is 0. The Morgan fingerprint density at radius 1 is 1.55 bits per heavy atom. The lowest BCUT2D eigenvalue weighted by atomic mass is 10.1. The lowest BCUT2D eigenvalue weighted by Gasteiger charge is -2.36. The van der Waals surface area contributed by atoms with Crippen LogP contribution in [0.1, 0.15) is 17.3 Å². The largest absolute Gasteiger partial charge is 0.386 e. The fourth-order valence-corrected chi connectivity index (χ4v) is 2.81. The monoisotopic (exact) mass is 302 g/mol. The second kappa shape index (κ2) is 6.20. The number of rotatable bonds is 4. The molecule has 1 aliphatic heterocycles. The zero-order valence-electron chi connectivity index (χ0n) is 12.3. The van der Waals surface area contributed by atoms with Crippen molar-refractivity contribution in [1.29, 1.82) is 0 Å². The Labute approximate surface area is 127 Å². The zero-order chi connectivity index (χ0) is 15.5. The predicted molar refractivity (Wildman–Crippen MR) is 80.1 cm³/mol. The van der Waals surface area contributed by atoms with E-state index in [4.69, 9.17) is 0 Å². The number of hydrogen-bond donors (Lipinski definition) is 1. The molecule has 3 heterocycles. The summed E-state index contributed by atoms with van der Waals surface area (Å²) in [6.45, 7) is 2.98. The predicted octanol–water partition coefficient (Wildman–Crippen LogP) is 0.870. The molecular weight excluding hydrogens is 284 g/mol. The van der Waals surface area contributed by atoms with Gasteiger partial charge in [-0.2, -0.15) is 0 Å². The molecule has 0 radical (unpaired) electrons. The topological polar surface area (TPSA) is 89.1 Å². The van der Waals surface area contributed by atoms with Crippen molar-refractivity contribution in [3.63, 3.8) is 0 Å². The van der Waals surface area contributed by atoms with Crippen LogP contribution in [0.25, 0.3) is 0 Å². The number of hydrogen-bond acceptors (Lipinski definition) is 6. The standard InChI is InChI=1S/C14H18N6O2/c1-18-10-17-14(20(21)22)13(18)9-19-6-5-16-8-12(19)11-3-2-4-15-7-11/h2-4,7,10,12,16H,5-6,8-9H2,1H3. The fourth-order valence-electron chi connectivity index (χ4n) is 2.81. The van der Waals surface area contributed by atoms with Gasteiger partial charge in [0.2, 0.25) is 6.33 Å². The summed E-state index contributed by atoms with van der Waals surface area (Å²) in [6, 6.07) is 4.10. The van der Waals surface area contributed by atoms with Gasteiger partial charge < -0.3 is 20.0 Å². The summed E-state index contributed by atoms with van der Waals surface area (Å²) in [5.74, 6) is -0.0639. The molecule has 116 valence electrons. The summed E-state index contributed by atoms with van der Waals surface area (Å²) < 4.78 is 1.72. The molecule has 2 aromatic heterocycles. The number of aromatic nitrogens is 3. The zero-order valence-corrected chi connectivity index (χ0v) is 12.3. The Balaban J connectivity index is 1.86. The first-order valence-electron chi connectivity index (χ1n) is 7.16. The Morgan fingerprint density at radius 3 is 3.14 bits per heavy atom. The van der Waals surface area contributed by atoms with Gasteiger partial charge in [-0.3, -0.25) is 9.88 Å². The second-order valence-electron chi connectivity index (χ2n) is 5.36. The minimum Gasteiger partial charge on any atom is -0.358 e. The number of pyridine rings is 1. The van der Waals surface area contributed by atoms with Crippen LogP contribution in [0.5, 0.6) is 0 Å². The summed E-state index contributed by atoms with van der Waals surface area (Å²) in [6.07, 6.45) is 5.09. The molecule has 0 aliphatic carbocycles. The SMILES string of the molecule is Cn1cnc([N+](=O)[O-])c1CN1CCNCC1c1cccnc1. The van der Waals surface area contributed by atoms with Crippen LogP contribution in [0, 0.1) is 10.1 Å². The molecule has 1 unspecified atom stereocenters. The average Bonchev–Trinajstić information content (AvgIpc) is 2.90. The highest BCUT2D eigenvalue weighted by atomic mass is 16.6. The van der Waals surface area contributed by atoms with E-state index in [0.29, 0.717) is 12.2 Å². The Bertz CT molecular complexity index is 657. The third-order valence-electron chi connectivity index (χ3n) is 3.99. The Morgan fingerprint density at radius 2 is 2.41 bits per heavy atom. The average molecular weight is 302 g/mol. The third kappa shape index (κ3) is 2.83. The van der Waals surface area contributed by atoms with E-state index in [0.717, 1.165) is 25.2 Å². The van der Waals surface area contributed by atoms with E-state index in [2.05, 4.69) is 20.2 Å². The molecule has 2 aromatic rings. The van der Waals surface area contributed by atoms with E-state index in [1.165, 1.54) is 6.33 Å². The molecule has 0 spiro atoms. The van der Waals surface area contributed by atoms with Gasteiger partial charge in [0, 0.05) is 51.7 Å². The van der Waals surface area contributed by atoms with Gasteiger partial charge in [-0.1, -0.05) is 6.07 Å². The van der Waals surface area contributed by atoms with Crippen molar-refractivity contribution >= 4 is 5.82 Å². The highest BCUT2D eigenvalue weighted by molar-refractivity contribution is 5.27. The Hall–Kier alpha value is -2.32.